The van der Waals surface area contributed by atoms with Gasteiger partial charge in [-0.2, -0.15) is 0 Å². The molecule has 2 heteroatoms. The summed E-state index contributed by atoms with van der Waals surface area (Å²) in [6.07, 6.45) is 12.6. The maximum Gasteiger partial charge on any atom is 0.178 e. The predicted octanol–water partition coefficient (Wildman–Crippen LogP) is 3.66. The van der Waals surface area contributed by atoms with Gasteiger partial charge in [0.15, 0.2) is 5.78 Å². The number of ketones is 1. The van der Waals surface area contributed by atoms with Crippen molar-refractivity contribution in [2.45, 2.75) is 58.5 Å². The minimum Gasteiger partial charge on any atom is -0.393 e. The van der Waals surface area contributed by atoms with E-state index in [0.29, 0.717) is 11.8 Å². The van der Waals surface area contributed by atoms with Crippen molar-refractivity contribution in [3.63, 3.8) is 0 Å². The molecule has 0 bridgehead atoms. The second-order valence-corrected chi connectivity index (χ2v) is 8.24. The topological polar surface area (TPSA) is 37.3 Å². The summed E-state index contributed by atoms with van der Waals surface area (Å²) in [7, 11) is 0. The van der Waals surface area contributed by atoms with Gasteiger partial charge in [-0.3, -0.25) is 4.79 Å². The zero-order chi connectivity index (χ0) is 14.8. The molecule has 0 unspecified atom stereocenters. The average molecular weight is 286 g/mol. The molecule has 6 atom stereocenters. The molecule has 3 saturated carbocycles. The van der Waals surface area contributed by atoms with Gasteiger partial charge in [0.05, 0.1) is 6.10 Å². The lowest BCUT2D eigenvalue weighted by atomic mass is 9.48. The summed E-state index contributed by atoms with van der Waals surface area (Å²) < 4.78 is 0. The van der Waals surface area contributed by atoms with Crippen LogP contribution < -0.4 is 0 Å². The summed E-state index contributed by atoms with van der Waals surface area (Å²) in [4.78, 5) is 11.7. The van der Waals surface area contributed by atoms with Crippen LogP contribution in [0.15, 0.2) is 23.8 Å². The Morgan fingerprint density at radius 2 is 1.95 bits per heavy atom. The second kappa shape index (κ2) is 4.32. The largest absolute Gasteiger partial charge is 0.393 e. The summed E-state index contributed by atoms with van der Waals surface area (Å²) in [5.41, 5.74) is 1.59. The highest BCUT2D eigenvalue weighted by molar-refractivity contribution is 6.01. The normalized spacial score (nSPS) is 52.0. The van der Waals surface area contributed by atoms with Crippen molar-refractivity contribution in [2.24, 2.45) is 28.6 Å². The van der Waals surface area contributed by atoms with Crippen LogP contribution in [-0.2, 0) is 4.79 Å². The smallest absolute Gasteiger partial charge is 0.178 e. The summed E-state index contributed by atoms with van der Waals surface area (Å²) >= 11 is 0. The van der Waals surface area contributed by atoms with E-state index >= 15 is 0 Å². The third kappa shape index (κ3) is 1.72. The van der Waals surface area contributed by atoms with Gasteiger partial charge in [0.2, 0.25) is 0 Å². The quantitative estimate of drug-likeness (QED) is 0.738. The van der Waals surface area contributed by atoms with E-state index in [0.717, 1.165) is 25.2 Å². The predicted molar refractivity (Wildman–Crippen MR) is 82.6 cm³/mol. The first-order valence-electron chi connectivity index (χ1n) is 8.57. The van der Waals surface area contributed by atoms with Gasteiger partial charge in [0.1, 0.15) is 0 Å². The molecule has 114 valence electrons. The fourth-order valence-electron chi connectivity index (χ4n) is 6.17. The van der Waals surface area contributed by atoms with E-state index in [-0.39, 0.29) is 22.7 Å². The van der Waals surface area contributed by atoms with Gasteiger partial charge in [-0.05, 0) is 73.8 Å². The molecule has 0 spiro atoms. The number of carbonyl (C=O) groups excluding carboxylic acids is 1. The Morgan fingerprint density at radius 1 is 1.14 bits per heavy atom. The second-order valence-electron chi connectivity index (χ2n) is 8.24. The molecular formula is C19H26O2. The van der Waals surface area contributed by atoms with E-state index in [4.69, 9.17) is 0 Å². The molecule has 0 heterocycles. The first-order valence-corrected chi connectivity index (χ1v) is 8.57. The lowest BCUT2D eigenvalue weighted by molar-refractivity contribution is -0.111. The first-order chi connectivity index (χ1) is 9.95. The highest BCUT2D eigenvalue weighted by atomic mass is 16.3. The van der Waals surface area contributed by atoms with E-state index in [9.17, 15) is 9.90 Å². The van der Waals surface area contributed by atoms with Gasteiger partial charge >= 0.3 is 0 Å². The molecule has 4 aliphatic rings. The molecule has 0 saturated heterocycles. The summed E-state index contributed by atoms with van der Waals surface area (Å²) in [5, 5.41) is 10.4. The zero-order valence-electron chi connectivity index (χ0n) is 13.1. The molecule has 0 aliphatic heterocycles. The highest BCUT2D eigenvalue weighted by Crippen LogP contribution is 2.64. The highest BCUT2D eigenvalue weighted by Gasteiger charge is 2.58. The molecule has 2 nitrogen and oxygen atoms in total. The summed E-state index contributed by atoms with van der Waals surface area (Å²) in [5.74, 6) is 2.22. The number of hydrogen-bond donors (Lipinski definition) is 1. The maximum absolute atomic E-state index is 11.7. The maximum atomic E-state index is 11.7. The molecule has 4 rings (SSSR count). The number of fused-ring (bicyclic) bond motifs is 5. The molecule has 4 aliphatic carbocycles. The Balaban J connectivity index is 1.70. The minimum absolute atomic E-state index is 0.0890. The number of hydrogen-bond acceptors (Lipinski definition) is 2. The molecule has 3 fully saturated rings. The number of aliphatic hydroxyl groups excluding tert-OH is 1. The van der Waals surface area contributed by atoms with Crippen LogP contribution in [0.1, 0.15) is 52.4 Å². The van der Waals surface area contributed by atoms with Crippen molar-refractivity contribution in [1.29, 1.82) is 0 Å². The molecule has 0 aromatic carbocycles. The number of aliphatic hydroxyl groups is 1. The third-order valence-electron chi connectivity index (χ3n) is 7.51. The van der Waals surface area contributed by atoms with Gasteiger partial charge < -0.3 is 5.11 Å². The fourth-order valence-corrected chi connectivity index (χ4v) is 6.17. The van der Waals surface area contributed by atoms with Crippen LogP contribution in [-0.4, -0.2) is 17.0 Å². The van der Waals surface area contributed by atoms with Gasteiger partial charge in [0, 0.05) is 5.41 Å². The molecule has 0 radical (unpaired) electrons. The Kier molecular flexibility index (Phi) is 2.83. The van der Waals surface area contributed by atoms with Crippen molar-refractivity contribution in [3.8, 4) is 0 Å². The van der Waals surface area contributed by atoms with Crippen LogP contribution in [0, 0.1) is 28.6 Å². The number of allylic oxidation sites excluding steroid dienone is 4. The van der Waals surface area contributed by atoms with Crippen molar-refractivity contribution >= 4 is 5.78 Å². The van der Waals surface area contributed by atoms with Gasteiger partial charge in [-0.1, -0.05) is 25.5 Å². The average Bonchev–Trinajstić information content (AvgIpc) is 2.76. The molecule has 0 aromatic heterocycles. The van der Waals surface area contributed by atoms with Crippen molar-refractivity contribution < 1.29 is 9.90 Å². The number of carbonyl (C=O) groups is 1. The Labute approximate surface area is 127 Å². The van der Waals surface area contributed by atoms with E-state index in [1.54, 1.807) is 6.08 Å². The van der Waals surface area contributed by atoms with E-state index in [1.165, 1.54) is 24.8 Å². The Hall–Kier alpha value is -0.890. The molecular weight excluding hydrogens is 260 g/mol. The van der Waals surface area contributed by atoms with E-state index < -0.39 is 0 Å². The minimum atomic E-state index is -0.100. The molecule has 21 heavy (non-hydrogen) atoms. The molecule has 0 amide bonds. The standard InChI is InChI=1S/C19H26O2/c1-18-9-7-13(20)11-12(18)3-4-14-15-5-6-17(21)19(15,2)10-8-16(14)18/h7,9,11,14-17,21H,3-6,8,10H2,1-2H3/t14-,15+,16-,17+,18-,19+/m0/s1. The Bertz CT molecular complexity index is 546. The van der Waals surface area contributed by atoms with Gasteiger partial charge in [0.25, 0.3) is 0 Å². The van der Waals surface area contributed by atoms with Crippen LogP contribution in [0.3, 0.4) is 0 Å². The van der Waals surface area contributed by atoms with Crippen LogP contribution >= 0.6 is 0 Å². The van der Waals surface area contributed by atoms with Gasteiger partial charge in [-0.15, -0.1) is 0 Å². The van der Waals surface area contributed by atoms with Crippen LogP contribution in [0.5, 0.6) is 0 Å². The van der Waals surface area contributed by atoms with Gasteiger partial charge in [-0.25, -0.2) is 0 Å². The summed E-state index contributed by atoms with van der Waals surface area (Å²) in [6, 6.07) is 0. The van der Waals surface area contributed by atoms with E-state index in [2.05, 4.69) is 19.9 Å². The molecule has 1 N–H and O–H groups in total. The van der Waals surface area contributed by atoms with E-state index in [1.807, 2.05) is 6.08 Å². The van der Waals surface area contributed by atoms with Crippen LogP contribution in [0.25, 0.3) is 0 Å². The van der Waals surface area contributed by atoms with Crippen molar-refractivity contribution in [2.75, 3.05) is 0 Å². The SMILES string of the molecule is C[C@@]12CC[C@H]3[C@@H](CCC4=CC(=O)C=C[C@@]43C)[C@H]1CC[C@H]2O. The summed E-state index contributed by atoms with van der Waals surface area (Å²) in [6.45, 7) is 4.66. The zero-order valence-corrected chi connectivity index (χ0v) is 13.1. The Morgan fingerprint density at radius 3 is 2.76 bits per heavy atom. The van der Waals surface area contributed by atoms with Crippen molar-refractivity contribution in [3.05, 3.63) is 23.8 Å². The number of rotatable bonds is 0. The third-order valence-corrected chi connectivity index (χ3v) is 7.51. The lowest BCUT2D eigenvalue weighted by Crippen LogP contribution is -2.50. The fraction of sp³-hybridized carbons (Fsp3) is 0.737. The van der Waals surface area contributed by atoms with Crippen molar-refractivity contribution in [1.82, 2.24) is 0 Å². The van der Waals surface area contributed by atoms with Crippen LogP contribution in [0.2, 0.25) is 0 Å². The monoisotopic (exact) mass is 286 g/mol. The first kappa shape index (κ1) is 13.8. The molecule has 0 aromatic rings. The van der Waals surface area contributed by atoms with Crippen LogP contribution in [0.4, 0.5) is 0 Å². The lowest BCUT2D eigenvalue weighted by Gasteiger charge is -2.56.